The molecule has 2 rings (SSSR count). The Morgan fingerprint density at radius 1 is 1.56 bits per heavy atom. The highest BCUT2D eigenvalue weighted by Gasteiger charge is 2.25. The maximum atomic E-state index is 11.9. The molecule has 0 spiro atoms. The summed E-state index contributed by atoms with van der Waals surface area (Å²) in [5.41, 5.74) is 0.616. The van der Waals surface area contributed by atoms with Crippen molar-refractivity contribution < 1.29 is 4.79 Å². The molecule has 1 aromatic heterocycles. The monoisotopic (exact) mass is 285 g/mol. The fourth-order valence-electron chi connectivity index (χ4n) is 2.07. The van der Waals surface area contributed by atoms with Gasteiger partial charge in [0.1, 0.15) is 5.69 Å². The third-order valence-corrected chi connectivity index (χ3v) is 4.14. The second-order valence-corrected chi connectivity index (χ2v) is 5.45. The summed E-state index contributed by atoms with van der Waals surface area (Å²) in [4.78, 5) is 16.3. The zero-order chi connectivity index (χ0) is 11.5. The van der Waals surface area contributed by atoms with E-state index in [0.717, 1.165) is 12.8 Å². The Morgan fingerprint density at radius 3 is 2.94 bits per heavy atom. The molecule has 0 radical (unpaired) electrons. The topological polar surface area (TPSA) is 46.9 Å². The number of carbonyl (C=O) groups excluding carboxylic acids is 1. The van der Waals surface area contributed by atoms with Crippen molar-refractivity contribution in [3.05, 3.63) is 18.2 Å². The molecular formula is C11H16BrN3O. The summed E-state index contributed by atoms with van der Waals surface area (Å²) in [7, 11) is 1.83. The minimum atomic E-state index is -0.0312. The van der Waals surface area contributed by atoms with Crippen molar-refractivity contribution in [1.29, 1.82) is 0 Å². The zero-order valence-electron chi connectivity index (χ0n) is 9.32. The maximum Gasteiger partial charge on any atom is 0.269 e. The smallest absolute Gasteiger partial charge is 0.269 e. The van der Waals surface area contributed by atoms with Crippen LogP contribution < -0.4 is 5.32 Å². The Balaban J connectivity index is 1.99. The molecule has 1 saturated carbocycles. The second-order valence-electron chi connectivity index (χ2n) is 4.27. The van der Waals surface area contributed by atoms with Gasteiger partial charge in [0.2, 0.25) is 0 Å². The SMILES string of the molecule is Cn1cncc1C(=O)NC1CCCCC1Br. The lowest BCUT2D eigenvalue weighted by molar-refractivity contribution is 0.0921. The van der Waals surface area contributed by atoms with Crippen LogP contribution >= 0.6 is 15.9 Å². The lowest BCUT2D eigenvalue weighted by Gasteiger charge is -2.28. The van der Waals surface area contributed by atoms with Gasteiger partial charge in [0, 0.05) is 17.9 Å². The van der Waals surface area contributed by atoms with E-state index in [1.165, 1.54) is 12.8 Å². The molecule has 88 valence electrons. The number of alkyl halides is 1. The van der Waals surface area contributed by atoms with E-state index < -0.39 is 0 Å². The number of aromatic nitrogens is 2. The Labute approximate surface area is 104 Å². The number of aryl methyl sites for hydroxylation is 1. The van der Waals surface area contributed by atoms with Gasteiger partial charge in [-0.1, -0.05) is 28.8 Å². The van der Waals surface area contributed by atoms with Gasteiger partial charge in [0.15, 0.2) is 0 Å². The van der Waals surface area contributed by atoms with E-state index in [2.05, 4.69) is 26.2 Å². The van der Waals surface area contributed by atoms with E-state index in [1.54, 1.807) is 17.1 Å². The molecule has 5 heteroatoms. The van der Waals surface area contributed by atoms with Crippen LogP contribution in [0.5, 0.6) is 0 Å². The third kappa shape index (κ3) is 2.45. The molecule has 0 saturated heterocycles. The average molecular weight is 286 g/mol. The lowest BCUT2D eigenvalue weighted by Crippen LogP contribution is -2.43. The molecule has 1 aromatic rings. The third-order valence-electron chi connectivity index (χ3n) is 3.05. The molecule has 1 heterocycles. The molecule has 2 unspecified atom stereocenters. The van der Waals surface area contributed by atoms with E-state index in [0.29, 0.717) is 10.5 Å². The highest BCUT2D eigenvalue weighted by Crippen LogP contribution is 2.24. The van der Waals surface area contributed by atoms with Gasteiger partial charge in [0.25, 0.3) is 5.91 Å². The predicted octanol–water partition coefficient (Wildman–Crippen LogP) is 1.86. The van der Waals surface area contributed by atoms with E-state index in [4.69, 9.17) is 0 Å². The molecule has 1 amide bonds. The summed E-state index contributed by atoms with van der Waals surface area (Å²) in [5.74, 6) is -0.0312. The molecule has 1 aliphatic rings. The number of nitrogens with one attached hydrogen (secondary N) is 1. The summed E-state index contributed by atoms with van der Waals surface area (Å²) in [5, 5.41) is 3.07. The number of hydrogen-bond acceptors (Lipinski definition) is 2. The molecule has 1 N–H and O–H groups in total. The highest BCUT2D eigenvalue weighted by molar-refractivity contribution is 9.09. The summed E-state index contributed by atoms with van der Waals surface area (Å²) < 4.78 is 1.74. The second kappa shape index (κ2) is 4.99. The van der Waals surface area contributed by atoms with Gasteiger partial charge in [0.05, 0.1) is 12.5 Å². The molecule has 0 bridgehead atoms. The van der Waals surface area contributed by atoms with Crippen LogP contribution in [0.2, 0.25) is 0 Å². The lowest BCUT2D eigenvalue weighted by atomic mass is 9.95. The molecular weight excluding hydrogens is 270 g/mol. The van der Waals surface area contributed by atoms with Gasteiger partial charge in [-0.2, -0.15) is 0 Å². The number of imidazole rings is 1. The van der Waals surface area contributed by atoms with E-state index in [1.807, 2.05) is 7.05 Å². The fourth-order valence-corrected chi connectivity index (χ4v) is 2.79. The van der Waals surface area contributed by atoms with Gasteiger partial charge in [-0.25, -0.2) is 4.98 Å². The van der Waals surface area contributed by atoms with Crippen molar-refractivity contribution >= 4 is 21.8 Å². The predicted molar refractivity (Wildman–Crippen MR) is 65.6 cm³/mol. The van der Waals surface area contributed by atoms with Gasteiger partial charge < -0.3 is 9.88 Å². The van der Waals surface area contributed by atoms with E-state index in [-0.39, 0.29) is 11.9 Å². The number of hydrogen-bond donors (Lipinski definition) is 1. The van der Waals surface area contributed by atoms with Crippen LogP contribution in [-0.2, 0) is 7.05 Å². The standard InChI is InChI=1S/C11H16BrN3O/c1-15-7-13-6-10(15)11(16)14-9-5-3-2-4-8(9)12/h6-9H,2-5H2,1H3,(H,14,16). The van der Waals surface area contributed by atoms with Crippen LogP contribution in [0.4, 0.5) is 0 Å². The molecule has 16 heavy (non-hydrogen) atoms. The fraction of sp³-hybridized carbons (Fsp3) is 0.636. The Hall–Kier alpha value is -0.840. The summed E-state index contributed by atoms with van der Waals surface area (Å²) in [6.45, 7) is 0. The van der Waals surface area contributed by atoms with Crippen molar-refractivity contribution in [3.8, 4) is 0 Å². The van der Waals surface area contributed by atoms with E-state index in [9.17, 15) is 4.79 Å². The summed E-state index contributed by atoms with van der Waals surface area (Å²) in [6, 6.07) is 0.246. The number of amides is 1. The molecule has 1 aliphatic carbocycles. The Bertz CT molecular complexity index is 377. The van der Waals surface area contributed by atoms with Gasteiger partial charge in [-0.3, -0.25) is 4.79 Å². The molecule has 0 aliphatic heterocycles. The summed E-state index contributed by atoms with van der Waals surface area (Å²) >= 11 is 3.63. The normalized spacial score (nSPS) is 25.4. The van der Waals surface area contributed by atoms with Crippen LogP contribution in [0, 0.1) is 0 Å². The van der Waals surface area contributed by atoms with Crippen LogP contribution in [0.15, 0.2) is 12.5 Å². The summed E-state index contributed by atoms with van der Waals surface area (Å²) in [6.07, 6.45) is 7.87. The first-order valence-corrected chi connectivity index (χ1v) is 6.51. The number of nitrogens with zero attached hydrogens (tertiary/aromatic N) is 2. The van der Waals surface area contributed by atoms with Gasteiger partial charge in [-0.15, -0.1) is 0 Å². The molecule has 0 aromatic carbocycles. The first-order chi connectivity index (χ1) is 7.68. The van der Waals surface area contributed by atoms with Gasteiger partial charge >= 0.3 is 0 Å². The Morgan fingerprint density at radius 2 is 2.31 bits per heavy atom. The number of rotatable bonds is 2. The quantitative estimate of drug-likeness (QED) is 0.843. The number of carbonyl (C=O) groups is 1. The Kier molecular flexibility index (Phi) is 3.63. The zero-order valence-corrected chi connectivity index (χ0v) is 10.9. The maximum absolute atomic E-state index is 11.9. The van der Waals surface area contributed by atoms with Crippen molar-refractivity contribution in [3.63, 3.8) is 0 Å². The molecule has 2 atom stereocenters. The van der Waals surface area contributed by atoms with Crippen molar-refractivity contribution in [1.82, 2.24) is 14.9 Å². The van der Waals surface area contributed by atoms with Crippen molar-refractivity contribution in [2.45, 2.75) is 36.6 Å². The largest absolute Gasteiger partial charge is 0.347 e. The van der Waals surface area contributed by atoms with Crippen LogP contribution in [-0.4, -0.2) is 26.3 Å². The number of halogens is 1. The first kappa shape index (κ1) is 11.6. The minimum Gasteiger partial charge on any atom is -0.347 e. The first-order valence-electron chi connectivity index (χ1n) is 5.59. The molecule has 1 fully saturated rings. The van der Waals surface area contributed by atoms with Crippen LogP contribution in [0.25, 0.3) is 0 Å². The molecule has 4 nitrogen and oxygen atoms in total. The van der Waals surface area contributed by atoms with Crippen molar-refractivity contribution in [2.75, 3.05) is 0 Å². The van der Waals surface area contributed by atoms with Crippen molar-refractivity contribution in [2.24, 2.45) is 7.05 Å². The van der Waals surface area contributed by atoms with Crippen LogP contribution in [0.1, 0.15) is 36.2 Å². The average Bonchev–Trinajstić information content (AvgIpc) is 2.68. The van der Waals surface area contributed by atoms with Crippen LogP contribution in [0.3, 0.4) is 0 Å². The van der Waals surface area contributed by atoms with E-state index >= 15 is 0 Å². The highest BCUT2D eigenvalue weighted by atomic mass is 79.9. The van der Waals surface area contributed by atoms with Gasteiger partial charge in [-0.05, 0) is 12.8 Å². The minimum absolute atomic E-state index is 0.0312.